The minimum absolute atomic E-state index is 0.503. The molecule has 2 rings (SSSR count). The molecule has 94 valence electrons. The summed E-state index contributed by atoms with van der Waals surface area (Å²) in [6.07, 6.45) is 1.24. The zero-order valence-electron chi connectivity index (χ0n) is 11.3. The fourth-order valence-corrected chi connectivity index (χ4v) is 2.59. The van der Waals surface area contributed by atoms with Gasteiger partial charge >= 0.3 is 0 Å². The largest absolute Gasteiger partial charge is 0.496 e. The van der Waals surface area contributed by atoms with E-state index >= 15 is 0 Å². The minimum Gasteiger partial charge on any atom is -0.496 e. The molecule has 1 aliphatic rings. The summed E-state index contributed by atoms with van der Waals surface area (Å²) in [5, 5.41) is 3.59. The average molecular weight is 233 g/mol. The van der Waals surface area contributed by atoms with Gasteiger partial charge in [0.2, 0.25) is 0 Å². The first kappa shape index (κ1) is 12.4. The van der Waals surface area contributed by atoms with Gasteiger partial charge in [0.05, 0.1) is 7.11 Å². The van der Waals surface area contributed by atoms with Crippen LogP contribution in [0.1, 0.15) is 50.3 Å². The first-order valence-corrected chi connectivity index (χ1v) is 6.53. The topological polar surface area (TPSA) is 21.3 Å². The Balaban J connectivity index is 2.27. The molecule has 1 fully saturated rings. The van der Waals surface area contributed by atoms with Crippen molar-refractivity contribution in [3.8, 4) is 5.75 Å². The van der Waals surface area contributed by atoms with E-state index in [2.05, 4.69) is 44.3 Å². The van der Waals surface area contributed by atoms with Gasteiger partial charge in [0.15, 0.2) is 0 Å². The maximum Gasteiger partial charge on any atom is 0.122 e. The zero-order chi connectivity index (χ0) is 12.4. The summed E-state index contributed by atoms with van der Waals surface area (Å²) in [6.45, 7) is 7.87. The molecule has 0 aromatic heterocycles. The van der Waals surface area contributed by atoms with Gasteiger partial charge in [-0.05, 0) is 42.0 Å². The number of hydrogen-bond acceptors (Lipinski definition) is 2. The summed E-state index contributed by atoms with van der Waals surface area (Å²) in [6, 6.07) is 7.13. The van der Waals surface area contributed by atoms with Crippen LogP contribution in [0.2, 0.25) is 0 Å². The van der Waals surface area contributed by atoms with Gasteiger partial charge in [-0.25, -0.2) is 0 Å². The maximum absolute atomic E-state index is 5.42. The van der Waals surface area contributed by atoms with E-state index in [1.165, 1.54) is 17.5 Å². The first-order valence-electron chi connectivity index (χ1n) is 6.53. The summed E-state index contributed by atoms with van der Waals surface area (Å²) in [5.74, 6) is 2.29. The maximum atomic E-state index is 5.42. The second-order valence-electron chi connectivity index (χ2n) is 5.46. The van der Waals surface area contributed by atoms with Gasteiger partial charge in [-0.3, -0.25) is 0 Å². The third-order valence-electron chi connectivity index (χ3n) is 3.63. The van der Waals surface area contributed by atoms with Crippen molar-refractivity contribution in [2.24, 2.45) is 5.92 Å². The van der Waals surface area contributed by atoms with Crippen LogP contribution in [0.15, 0.2) is 18.2 Å². The third kappa shape index (κ3) is 2.63. The monoisotopic (exact) mass is 233 g/mol. The minimum atomic E-state index is 0.503. The molecule has 1 aromatic carbocycles. The molecule has 1 heterocycles. The Bertz CT molecular complexity index is 387. The van der Waals surface area contributed by atoms with Crippen LogP contribution in [0.5, 0.6) is 5.75 Å². The Labute approximate surface area is 104 Å². The predicted molar refractivity (Wildman–Crippen MR) is 71.6 cm³/mol. The van der Waals surface area contributed by atoms with Crippen LogP contribution in [-0.4, -0.2) is 13.7 Å². The molecule has 0 saturated carbocycles. The summed E-state index contributed by atoms with van der Waals surface area (Å²) >= 11 is 0. The van der Waals surface area contributed by atoms with Crippen molar-refractivity contribution in [3.05, 3.63) is 29.3 Å². The molecule has 0 aliphatic carbocycles. The summed E-state index contributed by atoms with van der Waals surface area (Å²) < 4.78 is 5.42. The SMILES string of the molecule is COc1ccc(C2CC(C)CN2)cc1C(C)C. The van der Waals surface area contributed by atoms with Crippen molar-refractivity contribution in [1.29, 1.82) is 0 Å². The van der Waals surface area contributed by atoms with Crippen LogP contribution in [-0.2, 0) is 0 Å². The van der Waals surface area contributed by atoms with E-state index in [1.807, 2.05) is 0 Å². The van der Waals surface area contributed by atoms with Gasteiger partial charge < -0.3 is 10.1 Å². The molecule has 0 spiro atoms. The fourth-order valence-electron chi connectivity index (χ4n) is 2.59. The molecule has 0 bridgehead atoms. The highest BCUT2D eigenvalue weighted by atomic mass is 16.5. The van der Waals surface area contributed by atoms with Crippen LogP contribution < -0.4 is 10.1 Å². The van der Waals surface area contributed by atoms with Gasteiger partial charge in [-0.1, -0.05) is 32.9 Å². The highest BCUT2D eigenvalue weighted by Gasteiger charge is 2.22. The van der Waals surface area contributed by atoms with Crippen molar-refractivity contribution >= 4 is 0 Å². The van der Waals surface area contributed by atoms with Crippen LogP contribution in [0.4, 0.5) is 0 Å². The second kappa shape index (κ2) is 5.09. The van der Waals surface area contributed by atoms with Crippen LogP contribution in [0, 0.1) is 5.92 Å². The van der Waals surface area contributed by atoms with Crippen molar-refractivity contribution in [2.75, 3.05) is 13.7 Å². The lowest BCUT2D eigenvalue weighted by Crippen LogP contribution is -2.13. The normalized spacial score (nSPS) is 24.3. The van der Waals surface area contributed by atoms with Crippen molar-refractivity contribution in [1.82, 2.24) is 5.32 Å². The standard InChI is InChI=1S/C15H23NO/c1-10(2)13-8-12(5-6-15(13)17-4)14-7-11(3)9-16-14/h5-6,8,10-11,14,16H,7,9H2,1-4H3. The van der Waals surface area contributed by atoms with E-state index in [4.69, 9.17) is 4.74 Å². The van der Waals surface area contributed by atoms with Gasteiger partial charge in [-0.15, -0.1) is 0 Å². The van der Waals surface area contributed by atoms with Crippen molar-refractivity contribution in [3.63, 3.8) is 0 Å². The summed E-state index contributed by atoms with van der Waals surface area (Å²) in [5.41, 5.74) is 2.71. The van der Waals surface area contributed by atoms with Gasteiger partial charge in [0.25, 0.3) is 0 Å². The molecule has 0 amide bonds. The Morgan fingerprint density at radius 3 is 2.65 bits per heavy atom. The Hall–Kier alpha value is -1.02. The van der Waals surface area contributed by atoms with E-state index in [-0.39, 0.29) is 0 Å². The lowest BCUT2D eigenvalue weighted by Gasteiger charge is -2.17. The Morgan fingerprint density at radius 2 is 2.12 bits per heavy atom. The van der Waals surface area contributed by atoms with Gasteiger partial charge in [-0.2, -0.15) is 0 Å². The number of hydrogen-bond donors (Lipinski definition) is 1. The summed E-state index contributed by atoms with van der Waals surface area (Å²) in [7, 11) is 1.75. The van der Waals surface area contributed by atoms with Crippen LogP contribution in [0.3, 0.4) is 0 Å². The Kier molecular flexibility index (Phi) is 3.72. The average Bonchev–Trinajstić information content (AvgIpc) is 2.75. The summed E-state index contributed by atoms with van der Waals surface area (Å²) in [4.78, 5) is 0. The third-order valence-corrected chi connectivity index (χ3v) is 3.63. The molecule has 2 unspecified atom stereocenters. The van der Waals surface area contributed by atoms with E-state index in [9.17, 15) is 0 Å². The number of methoxy groups -OCH3 is 1. The van der Waals surface area contributed by atoms with Crippen LogP contribution in [0.25, 0.3) is 0 Å². The van der Waals surface area contributed by atoms with E-state index in [1.54, 1.807) is 7.11 Å². The molecule has 1 aliphatic heterocycles. The predicted octanol–water partition coefficient (Wildman–Crippen LogP) is 3.49. The lowest BCUT2D eigenvalue weighted by atomic mass is 9.95. The van der Waals surface area contributed by atoms with Crippen molar-refractivity contribution < 1.29 is 4.74 Å². The molecular formula is C15H23NO. The Morgan fingerprint density at radius 1 is 1.35 bits per heavy atom. The molecule has 2 heteroatoms. The van der Waals surface area contributed by atoms with Gasteiger partial charge in [0, 0.05) is 6.04 Å². The molecule has 0 radical (unpaired) electrons. The molecule has 1 saturated heterocycles. The quantitative estimate of drug-likeness (QED) is 0.863. The second-order valence-corrected chi connectivity index (χ2v) is 5.46. The highest BCUT2D eigenvalue weighted by molar-refractivity contribution is 5.40. The first-order chi connectivity index (χ1) is 8.11. The lowest BCUT2D eigenvalue weighted by molar-refractivity contribution is 0.407. The van der Waals surface area contributed by atoms with Crippen molar-refractivity contribution in [2.45, 2.75) is 39.2 Å². The molecule has 1 aromatic rings. The fraction of sp³-hybridized carbons (Fsp3) is 0.600. The molecule has 1 N–H and O–H groups in total. The smallest absolute Gasteiger partial charge is 0.122 e. The van der Waals surface area contributed by atoms with E-state index < -0.39 is 0 Å². The van der Waals surface area contributed by atoms with Crippen LogP contribution >= 0.6 is 0 Å². The van der Waals surface area contributed by atoms with E-state index in [0.29, 0.717) is 12.0 Å². The van der Waals surface area contributed by atoms with E-state index in [0.717, 1.165) is 18.2 Å². The molecule has 2 atom stereocenters. The molecule has 2 nitrogen and oxygen atoms in total. The number of rotatable bonds is 3. The zero-order valence-corrected chi connectivity index (χ0v) is 11.3. The number of nitrogens with one attached hydrogen (secondary N) is 1. The number of benzene rings is 1. The molecule has 17 heavy (non-hydrogen) atoms. The van der Waals surface area contributed by atoms with Gasteiger partial charge in [0.1, 0.15) is 5.75 Å². The molecular weight excluding hydrogens is 210 g/mol. The highest BCUT2D eigenvalue weighted by Crippen LogP contribution is 2.33. The number of ether oxygens (including phenoxy) is 1.